The third kappa shape index (κ3) is 5.75. The second-order valence-corrected chi connectivity index (χ2v) is 6.81. The molecule has 2 amide bonds. The first kappa shape index (κ1) is 18.7. The van der Waals surface area contributed by atoms with E-state index in [-0.39, 0.29) is 17.7 Å². The summed E-state index contributed by atoms with van der Waals surface area (Å²) in [6, 6.07) is 15.4. The number of carbonyl (C=O) groups is 2. The van der Waals surface area contributed by atoms with Crippen LogP contribution in [-0.4, -0.2) is 11.8 Å². The number of benzene rings is 2. The number of hydrogen-bond acceptors (Lipinski definition) is 2. The highest BCUT2D eigenvalue weighted by atomic mass is 16.2. The quantitative estimate of drug-likeness (QED) is 0.809. The predicted molar refractivity (Wildman–Crippen MR) is 103 cm³/mol. The summed E-state index contributed by atoms with van der Waals surface area (Å²) < 4.78 is 0. The van der Waals surface area contributed by atoms with Crippen molar-refractivity contribution in [3.63, 3.8) is 0 Å². The smallest absolute Gasteiger partial charge is 0.231 e. The van der Waals surface area contributed by atoms with Gasteiger partial charge in [-0.25, -0.2) is 0 Å². The summed E-state index contributed by atoms with van der Waals surface area (Å²) in [5.74, 6) is 0.148. The maximum Gasteiger partial charge on any atom is 0.231 e. The van der Waals surface area contributed by atoms with E-state index in [1.807, 2.05) is 25.1 Å². The van der Waals surface area contributed by atoms with E-state index in [0.29, 0.717) is 17.3 Å². The van der Waals surface area contributed by atoms with Gasteiger partial charge in [0, 0.05) is 18.3 Å². The summed E-state index contributed by atoms with van der Waals surface area (Å²) in [6.45, 7) is 7.73. The van der Waals surface area contributed by atoms with E-state index in [1.165, 1.54) is 12.5 Å². The number of rotatable bonds is 6. The molecule has 0 spiro atoms. The van der Waals surface area contributed by atoms with Gasteiger partial charge in [0.15, 0.2) is 0 Å². The second kappa shape index (κ2) is 8.47. The molecule has 0 bridgehead atoms. The first-order valence-corrected chi connectivity index (χ1v) is 8.62. The first-order valence-electron chi connectivity index (χ1n) is 8.62. The fourth-order valence-electron chi connectivity index (χ4n) is 2.69. The molecule has 2 aromatic rings. The minimum absolute atomic E-state index is 0.0726. The third-order valence-corrected chi connectivity index (χ3v) is 3.97. The Kier molecular flexibility index (Phi) is 6.34. The van der Waals surface area contributed by atoms with E-state index in [1.54, 1.807) is 18.2 Å². The molecular formula is C21H26N2O2. The van der Waals surface area contributed by atoms with E-state index in [4.69, 9.17) is 0 Å². The van der Waals surface area contributed by atoms with Gasteiger partial charge in [-0.3, -0.25) is 9.59 Å². The maximum absolute atomic E-state index is 12.5. The molecule has 4 nitrogen and oxygen atoms in total. The van der Waals surface area contributed by atoms with Gasteiger partial charge >= 0.3 is 0 Å². The van der Waals surface area contributed by atoms with Crippen molar-refractivity contribution in [2.24, 2.45) is 5.92 Å². The van der Waals surface area contributed by atoms with Crippen LogP contribution in [0, 0.1) is 5.92 Å². The Morgan fingerprint density at radius 3 is 2.08 bits per heavy atom. The van der Waals surface area contributed by atoms with Crippen LogP contribution in [0.1, 0.15) is 44.7 Å². The zero-order valence-corrected chi connectivity index (χ0v) is 15.3. The molecule has 4 heteroatoms. The molecule has 2 N–H and O–H groups in total. The molecule has 0 heterocycles. The Morgan fingerprint density at radius 1 is 0.920 bits per heavy atom. The molecule has 0 saturated carbocycles. The molecule has 0 saturated heterocycles. The Morgan fingerprint density at radius 2 is 1.52 bits per heavy atom. The van der Waals surface area contributed by atoms with E-state index in [9.17, 15) is 9.59 Å². The number of hydrogen-bond donors (Lipinski definition) is 2. The fraction of sp³-hybridized carbons (Fsp3) is 0.333. The lowest BCUT2D eigenvalue weighted by atomic mass is 9.96. The zero-order valence-electron chi connectivity index (χ0n) is 15.3. The molecular weight excluding hydrogens is 312 g/mol. The lowest BCUT2D eigenvalue weighted by Gasteiger charge is -2.14. The normalized spacial score (nSPS) is 11.9. The van der Waals surface area contributed by atoms with E-state index in [2.05, 4.69) is 36.6 Å². The molecule has 0 fully saturated rings. The van der Waals surface area contributed by atoms with E-state index < -0.39 is 0 Å². The fourth-order valence-corrected chi connectivity index (χ4v) is 2.69. The van der Waals surface area contributed by atoms with Gasteiger partial charge in [0.2, 0.25) is 11.8 Å². The Balaban J connectivity index is 2.03. The van der Waals surface area contributed by atoms with Crippen LogP contribution >= 0.6 is 0 Å². The summed E-state index contributed by atoms with van der Waals surface area (Å²) in [4.78, 5) is 23.6. The van der Waals surface area contributed by atoms with Gasteiger partial charge in [-0.1, -0.05) is 44.2 Å². The Hall–Kier alpha value is -2.62. The first-order chi connectivity index (χ1) is 11.8. The number of carbonyl (C=O) groups excluding carboxylic acids is 2. The molecule has 0 aliphatic rings. The Bertz CT molecular complexity index is 736. The van der Waals surface area contributed by atoms with Crippen molar-refractivity contribution in [3.8, 4) is 0 Å². The molecule has 2 rings (SSSR count). The standard InChI is InChI=1S/C21H26N2O2/c1-14(2)12-17-8-10-18(11-9-17)15(3)21(25)23-20-7-5-6-19(13-20)22-16(4)24/h5-11,13-15H,12H2,1-4H3,(H,22,24)(H,23,25). The van der Waals surface area contributed by atoms with Crippen molar-refractivity contribution >= 4 is 23.2 Å². The number of amides is 2. The predicted octanol–water partition coefficient (Wildman–Crippen LogP) is 4.59. The van der Waals surface area contributed by atoms with Crippen LogP contribution in [0.3, 0.4) is 0 Å². The van der Waals surface area contributed by atoms with Gasteiger partial charge in [-0.15, -0.1) is 0 Å². The van der Waals surface area contributed by atoms with Crippen LogP contribution in [0.2, 0.25) is 0 Å². The third-order valence-electron chi connectivity index (χ3n) is 3.97. The van der Waals surface area contributed by atoms with E-state index in [0.717, 1.165) is 12.0 Å². The van der Waals surface area contributed by atoms with Crippen molar-refractivity contribution in [1.29, 1.82) is 0 Å². The minimum Gasteiger partial charge on any atom is -0.326 e. The van der Waals surface area contributed by atoms with Gasteiger partial charge in [0.1, 0.15) is 0 Å². The Labute approximate surface area is 149 Å². The number of nitrogens with one attached hydrogen (secondary N) is 2. The van der Waals surface area contributed by atoms with Crippen LogP contribution in [0.5, 0.6) is 0 Å². The molecule has 0 aliphatic heterocycles. The second-order valence-electron chi connectivity index (χ2n) is 6.81. The molecule has 1 atom stereocenters. The van der Waals surface area contributed by atoms with Crippen LogP contribution in [-0.2, 0) is 16.0 Å². The molecule has 0 aromatic heterocycles. The highest BCUT2D eigenvalue weighted by Gasteiger charge is 2.15. The summed E-state index contributed by atoms with van der Waals surface area (Å²) in [6.07, 6.45) is 1.04. The SMILES string of the molecule is CC(=O)Nc1cccc(NC(=O)C(C)c2ccc(CC(C)C)cc2)c1. The molecule has 25 heavy (non-hydrogen) atoms. The van der Waals surface area contributed by atoms with Crippen LogP contribution in [0.15, 0.2) is 48.5 Å². The van der Waals surface area contributed by atoms with E-state index >= 15 is 0 Å². The topological polar surface area (TPSA) is 58.2 Å². The monoisotopic (exact) mass is 338 g/mol. The zero-order chi connectivity index (χ0) is 18.4. The molecule has 0 radical (unpaired) electrons. The van der Waals surface area contributed by atoms with Crippen molar-refractivity contribution in [3.05, 3.63) is 59.7 Å². The van der Waals surface area contributed by atoms with Crippen molar-refractivity contribution in [2.75, 3.05) is 10.6 Å². The summed E-state index contributed by atoms with van der Waals surface area (Å²) in [5.41, 5.74) is 3.60. The molecule has 1 unspecified atom stereocenters. The summed E-state index contributed by atoms with van der Waals surface area (Å²) in [5, 5.41) is 5.62. The van der Waals surface area contributed by atoms with Gasteiger partial charge in [0.05, 0.1) is 5.92 Å². The highest BCUT2D eigenvalue weighted by molar-refractivity contribution is 5.96. The van der Waals surface area contributed by atoms with Gasteiger partial charge in [-0.05, 0) is 48.6 Å². The highest BCUT2D eigenvalue weighted by Crippen LogP contribution is 2.21. The van der Waals surface area contributed by atoms with Crippen molar-refractivity contribution in [1.82, 2.24) is 0 Å². The molecule has 132 valence electrons. The van der Waals surface area contributed by atoms with Crippen molar-refractivity contribution in [2.45, 2.75) is 40.0 Å². The van der Waals surface area contributed by atoms with Crippen molar-refractivity contribution < 1.29 is 9.59 Å². The molecule has 2 aromatic carbocycles. The van der Waals surface area contributed by atoms with Gasteiger partial charge < -0.3 is 10.6 Å². The van der Waals surface area contributed by atoms with Gasteiger partial charge in [0.25, 0.3) is 0 Å². The molecule has 0 aliphatic carbocycles. The lowest BCUT2D eigenvalue weighted by molar-refractivity contribution is -0.117. The van der Waals surface area contributed by atoms with Gasteiger partial charge in [-0.2, -0.15) is 0 Å². The van der Waals surface area contributed by atoms with Crippen LogP contribution in [0.25, 0.3) is 0 Å². The average molecular weight is 338 g/mol. The lowest BCUT2D eigenvalue weighted by Crippen LogP contribution is -2.19. The maximum atomic E-state index is 12.5. The largest absolute Gasteiger partial charge is 0.326 e. The van der Waals surface area contributed by atoms with Crippen LogP contribution in [0.4, 0.5) is 11.4 Å². The number of anilines is 2. The average Bonchev–Trinajstić information content (AvgIpc) is 2.54. The minimum atomic E-state index is -0.252. The summed E-state index contributed by atoms with van der Waals surface area (Å²) >= 11 is 0. The summed E-state index contributed by atoms with van der Waals surface area (Å²) in [7, 11) is 0. The van der Waals surface area contributed by atoms with Crippen LogP contribution < -0.4 is 10.6 Å².